The van der Waals surface area contributed by atoms with Gasteiger partial charge in [-0.15, -0.1) is 0 Å². The van der Waals surface area contributed by atoms with Crippen LogP contribution in [0.3, 0.4) is 0 Å². The van der Waals surface area contributed by atoms with E-state index < -0.39 is 0 Å². The van der Waals surface area contributed by atoms with Crippen LogP contribution in [0.15, 0.2) is 231 Å². The predicted octanol–water partition coefficient (Wildman–Crippen LogP) is 15.6. The number of benzene rings is 10. The van der Waals surface area contributed by atoms with Crippen LogP contribution in [0, 0.1) is 0 Å². The van der Waals surface area contributed by atoms with E-state index in [0.717, 1.165) is 22.7 Å². The second-order valence-electron chi connectivity index (χ2n) is 14.9. The fourth-order valence-corrected chi connectivity index (χ4v) is 8.88. The van der Waals surface area contributed by atoms with Gasteiger partial charge in [0.15, 0.2) is 0 Å². The van der Waals surface area contributed by atoms with Crippen molar-refractivity contribution in [2.24, 2.45) is 0 Å². The van der Waals surface area contributed by atoms with Crippen LogP contribution >= 0.6 is 0 Å². The first-order chi connectivity index (χ1) is 28.8. The molecule has 1 aromatic heterocycles. The number of fused-ring (bicyclic) bond motifs is 6. The molecular weight excluding hydrogens is 701 g/mol. The van der Waals surface area contributed by atoms with Gasteiger partial charge in [-0.25, -0.2) is 0 Å². The van der Waals surface area contributed by atoms with Crippen molar-refractivity contribution in [3.8, 4) is 39.1 Å². The predicted molar refractivity (Wildman–Crippen MR) is 247 cm³/mol. The summed E-state index contributed by atoms with van der Waals surface area (Å²) in [5.74, 6) is 0. The van der Waals surface area contributed by atoms with Gasteiger partial charge in [0.05, 0.1) is 11.0 Å². The summed E-state index contributed by atoms with van der Waals surface area (Å²) in [5.41, 5.74) is 14.1. The van der Waals surface area contributed by atoms with Crippen LogP contribution in [0.1, 0.15) is 0 Å². The van der Waals surface area contributed by atoms with E-state index in [1.807, 2.05) is 0 Å². The summed E-state index contributed by atoms with van der Waals surface area (Å²) in [5, 5.41) is 7.52. The minimum absolute atomic E-state index is 1.09. The van der Waals surface area contributed by atoms with Crippen molar-refractivity contribution in [3.63, 3.8) is 0 Å². The number of hydrogen-bond acceptors (Lipinski definition) is 1. The molecule has 1 heterocycles. The van der Waals surface area contributed by atoms with E-state index in [4.69, 9.17) is 0 Å². The van der Waals surface area contributed by atoms with Crippen LogP contribution in [-0.2, 0) is 0 Å². The lowest BCUT2D eigenvalue weighted by Crippen LogP contribution is -2.10. The Morgan fingerprint density at radius 3 is 1.59 bits per heavy atom. The Kier molecular flexibility index (Phi) is 8.19. The standard InChI is InChI=1S/C56H38N2/c1-3-14-39(15-4-1)44-21-11-22-48(38-44)57(45-31-28-42(29-32-45)50-26-13-20-43-19-12-25-49(55(43)50)40-16-5-2-6-17-40)46-33-35-47(36-34-46)58-54-27-10-9-24-52(54)53-37-30-41-18-7-8-23-51(41)56(53)58/h1-38H. The van der Waals surface area contributed by atoms with Gasteiger partial charge in [-0.1, -0.05) is 176 Å². The number of aromatic nitrogens is 1. The number of rotatable bonds is 7. The molecule has 11 rings (SSSR count). The molecule has 0 saturated carbocycles. The van der Waals surface area contributed by atoms with E-state index in [-0.39, 0.29) is 0 Å². The molecule has 0 aliphatic carbocycles. The van der Waals surface area contributed by atoms with Gasteiger partial charge in [0, 0.05) is 38.9 Å². The molecule has 2 nitrogen and oxygen atoms in total. The van der Waals surface area contributed by atoms with Gasteiger partial charge < -0.3 is 9.47 Å². The first kappa shape index (κ1) is 33.6. The van der Waals surface area contributed by atoms with Gasteiger partial charge >= 0.3 is 0 Å². The molecule has 11 aromatic rings. The monoisotopic (exact) mass is 738 g/mol. The van der Waals surface area contributed by atoms with Crippen LogP contribution in [-0.4, -0.2) is 4.57 Å². The fourth-order valence-electron chi connectivity index (χ4n) is 8.88. The molecule has 0 aliphatic heterocycles. The molecule has 0 fully saturated rings. The minimum atomic E-state index is 1.09. The summed E-state index contributed by atoms with van der Waals surface area (Å²) in [6.07, 6.45) is 0. The molecule has 0 unspecified atom stereocenters. The van der Waals surface area contributed by atoms with Crippen molar-refractivity contribution in [3.05, 3.63) is 231 Å². The zero-order valence-electron chi connectivity index (χ0n) is 31.8. The first-order valence-corrected chi connectivity index (χ1v) is 19.9. The van der Waals surface area contributed by atoms with E-state index in [2.05, 4.69) is 240 Å². The van der Waals surface area contributed by atoms with Crippen LogP contribution in [0.25, 0.3) is 82.4 Å². The lowest BCUT2D eigenvalue weighted by atomic mass is 9.91. The summed E-state index contributed by atoms with van der Waals surface area (Å²) in [6, 6.07) is 83.6. The normalized spacial score (nSPS) is 11.4. The van der Waals surface area contributed by atoms with E-state index in [1.165, 1.54) is 76.7 Å². The van der Waals surface area contributed by atoms with Crippen LogP contribution in [0.2, 0.25) is 0 Å². The molecule has 0 atom stereocenters. The van der Waals surface area contributed by atoms with E-state index in [1.54, 1.807) is 0 Å². The molecule has 10 aromatic carbocycles. The van der Waals surface area contributed by atoms with Crippen molar-refractivity contribution in [2.75, 3.05) is 4.90 Å². The molecule has 272 valence electrons. The first-order valence-electron chi connectivity index (χ1n) is 19.9. The Bertz CT molecular complexity index is 3250. The molecular formula is C56H38N2. The number of para-hydroxylation sites is 1. The van der Waals surface area contributed by atoms with Crippen molar-refractivity contribution < 1.29 is 0 Å². The summed E-state index contributed by atoms with van der Waals surface area (Å²) in [6.45, 7) is 0. The molecule has 0 N–H and O–H groups in total. The van der Waals surface area contributed by atoms with Gasteiger partial charge in [-0.2, -0.15) is 0 Å². The summed E-state index contributed by atoms with van der Waals surface area (Å²) in [7, 11) is 0. The molecule has 2 heteroatoms. The molecule has 0 radical (unpaired) electrons. The highest BCUT2D eigenvalue weighted by Crippen LogP contribution is 2.42. The minimum Gasteiger partial charge on any atom is -0.310 e. The van der Waals surface area contributed by atoms with Crippen molar-refractivity contribution in [1.82, 2.24) is 4.57 Å². The zero-order valence-corrected chi connectivity index (χ0v) is 31.8. The largest absolute Gasteiger partial charge is 0.310 e. The Labute approximate surface area is 338 Å². The molecule has 0 saturated heterocycles. The van der Waals surface area contributed by atoms with Crippen molar-refractivity contribution in [1.29, 1.82) is 0 Å². The third-order valence-electron chi connectivity index (χ3n) is 11.6. The Balaban J connectivity index is 1.05. The van der Waals surface area contributed by atoms with Crippen LogP contribution < -0.4 is 4.90 Å². The highest BCUT2D eigenvalue weighted by molar-refractivity contribution is 6.18. The maximum absolute atomic E-state index is 2.43. The third-order valence-corrected chi connectivity index (χ3v) is 11.6. The molecule has 0 bridgehead atoms. The molecule has 0 aliphatic rings. The van der Waals surface area contributed by atoms with E-state index >= 15 is 0 Å². The Morgan fingerprint density at radius 1 is 0.310 bits per heavy atom. The second-order valence-corrected chi connectivity index (χ2v) is 14.9. The van der Waals surface area contributed by atoms with E-state index in [9.17, 15) is 0 Å². The van der Waals surface area contributed by atoms with Crippen molar-refractivity contribution >= 4 is 60.4 Å². The van der Waals surface area contributed by atoms with Gasteiger partial charge in [-0.3, -0.25) is 0 Å². The maximum atomic E-state index is 2.43. The average molecular weight is 739 g/mol. The quantitative estimate of drug-likeness (QED) is 0.158. The third kappa shape index (κ3) is 5.74. The maximum Gasteiger partial charge on any atom is 0.0619 e. The second kappa shape index (κ2) is 14.1. The molecule has 58 heavy (non-hydrogen) atoms. The van der Waals surface area contributed by atoms with Crippen molar-refractivity contribution in [2.45, 2.75) is 0 Å². The number of nitrogens with zero attached hydrogens (tertiary/aromatic N) is 2. The molecule has 0 amide bonds. The Morgan fingerprint density at radius 2 is 0.862 bits per heavy atom. The lowest BCUT2D eigenvalue weighted by Gasteiger charge is -2.26. The van der Waals surface area contributed by atoms with E-state index in [0.29, 0.717) is 0 Å². The number of hydrogen-bond donors (Lipinski definition) is 0. The lowest BCUT2D eigenvalue weighted by molar-refractivity contribution is 1.18. The average Bonchev–Trinajstić information content (AvgIpc) is 3.65. The summed E-state index contributed by atoms with van der Waals surface area (Å²) in [4.78, 5) is 2.37. The van der Waals surface area contributed by atoms with Gasteiger partial charge in [0.25, 0.3) is 0 Å². The highest BCUT2D eigenvalue weighted by Gasteiger charge is 2.18. The Hall–Kier alpha value is -7.68. The van der Waals surface area contributed by atoms with Gasteiger partial charge in [0.1, 0.15) is 0 Å². The summed E-state index contributed by atoms with van der Waals surface area (Å²) >= 11 is 0. The SMILES string of the molecule is c1ccc(-c2cccc(N(c3ccc(-c4cccc5cccc(-c6ccccc6)c45)cc3)c3ccc(-n4c5ccccc5c5ccc6ccccc6c54)cc3)c2)cc1. The number of anilines is 3. The topological polar surface area (TPSA) is 8.17 Å². The molecule has 0 spiro atoms. The summed E-state index contributed by atoms with van der Waals surface area (Å²) < 4.78 is 2.43. The van der Waals surface area contributed by atoms with Crippen LogP contribution in [0.4, 0.5) is 17.1 Å². The smallest absolute Gasteiger partial charge is 0.0619 e. The van der Waals surface area contributed by atoms with Gasteiger partial charge in [-0.05, 0) is 104 Å². The van der Waals surface area contributed by atoms with Crippen LogP contribution in [0.5, 0.6) is 0 Å². The zero-order chi connectivity index (χ0) is 38.4. The highest BCUT2D eigenvalue weighted by atomic mass is 15.1. The van der Waals surface area contributed by atoms with Gasteiger partial charge in [0.2, 0.25) is 0 Å². The fraction of sp³-hybridized carbons (Fsp3) is 0.